The Morgan fingerprint density at radius 1 is 1.30 bits per heavy atom. The van der Waals surface area contributed by atoms with Gasteiger partial charge in [0.25, 0.3) is 5.91 Å². The summed E-state index contributed by atoms with van der Waals surface area (Å²) in [6.07, 6.45) is 5.58. The predicted molar refractivity (Wildman–Crippen MR) is 117 cm³/mol. The van der Waals surface area contributed by atoms with Crippen molar-refractivity contribution < 1.29 is 4.79 Å². The minimum absolute atomic E-state index is 0.102. The third kappa shape index (κ3) is 3.84. The summed E-state index contributed by atoms with van der Waals surface area (Å²) in [4.78, 5) is 19.9. The minimum atomic E-state index is -0.102. The first-order chi connectivity index (χ1) is 14.3. The van der Waals surface area contributed by atoms with E-state index in [0.29, 0.717) is 11.7 Å². The van der Waals surface area contributed by atoms with Crippen molar-refractivity contribution in [3.05, 3.63) is 35.4 Å². The summed E-state index contributed by atoms with van der Waals surface area (Å²) in [5.74, 6) is 0.0418. The minimum Gasteiger partial charge on any atom is -0.347 e. The molecule has 0 spiro atoms. The molecule has 1 aliphatic heterocycles. The zero-order chi connectivity index (χ0) is 21.4. The lowest BCUT2D eigenvalue weighted by atomic mass is 9.96. The van der Waals surface area contributed by atoms with E-state index in [9.17, 15) is 4.79 Å². The number of nitrogens with zero attached hydrogens (tertiary/aromatic N) is 5. The molecule has 4 rings (SSSR count). The lowest BCUT2D eigenvalue weighted by Gasteiger charge is -2.35. The molecule has 4 heterocycles. The van der Waals surface area contributed by atoms with Crippen molar-refractivity contribution in [2.45, 2.75) is 65.5 Å². The summed E-state index contributed by atoms with van der Waals surface area (Å²) in [5, 5.41) is 15.0. The fourth-order valence-corrected chi connectivity index (χ4v) is 4.38. The van der Waals surface area contributed by atoms with E-state index in [0.717, 1.165) is 54.0 Å². The number of rotatable bonds is 5. The Morgan fingerprint density at radius 2 is 2.10 bits per heavy atom. The third-order valence-corrected chi connectivity index (χ3v) is 5.96. The maximum Gasteiger partial charge on any atom is 0.272 e. The van der Waals surface area contributed by atoms with Crippen LogP contribution in [0.25, 0.3) is 16.9 Å². The van der Waals surface area contributed by atoms with E-state index in [1.54, 1.807) is 10.8 Å². The Kier molecular flexibility index (Phi) is 5.60. The van der Waals surface area contributed by atoms with E-state index in [4.69, 9.17) is 0 Å². The van der Waals surface area contributed by atoms with Gasteiger partial charge < -0.3 is 5.32 Å². The number of likely N-dealkylation sites (tertiary alicyclic amines) is 1. The molecule has 1 amide bonds. The molecule has 0 aromatic carbocycles. The van der Waals surface area contributed by atoms with Crippen LogP contribution in [-0.4, -0.2) is 60.8 Å². The molecule has 0 radical (unpaired) electrons. The number of fused-ring (bicyclic) bond motifs is 1. The van der Waals surface area contributed by atoms with Gasteiger partial charge in [0.1, 0.15) is 6.33 Å². The number of aryl methyl sites for hydroxylation is 1. The van der Waals surface area contributed by atoms with Crippen molar-refractivity contribution in [3.8, 4) is 11.3 Å². The van der Waals surface area contributed by atoms with Crippen molar-refractivity contribution in [2.75, 3.05) is 13.1 Å². The molecular formula is C22H31N7O. The first-order valence-electron chi connectivity index (χ1n) is 10.8. The second-order valence-corrected chi connectivity index (χ2v) is 8.86. The zero-order valence-corrected chi connectivity index (χ0v) is 18.4. The fourth-order valence-electron chi connectivity index (χ4n) is 4.38. The van der Waals surface area contributed by atoms with Gasteiger partial charge in [-0.15, -0.1) is 0 Å². The first-order valence-corrected chi connectivity index (χ1v) is 10.8. The van der Waals surface area contributed by atoms with E-state index < -0.39 is 0 Å². The second kappa shape index (κ2) is 8.18. The van der Waals surface area contributed by atoms with Crippen LogP contribution in [0.4, 0.5) is 0 Å². The van der Waals surface area contributed by atoms with Crippen LogP contribution in [0.2, 0.25) is 0 Å². The number of piperidine rings is 1. The highest BCUT2D eigenvalue weighted by atomic mass is 16.2. The Hall–Kier alpha value is -2.74. The van der Waals surface area contributed by atoms with E-state index >= 15 is 0 Å². The molecule has 3 aromatic heterocycles. The Morgan fingerprint density at radius 3 is 2.83 bits per heavy atom. The number of pyridine rings is 1. The van der Waals surface area contributed by atoms with Crippen molar-refractivity contribution in [2.24, 2.45) is 0 Å². The van der Waals surface area contributed by atoms with E-state index in [1.165, 1.54) is 0 Å². The van der Waals surface area contributed by atoms with Gasteiger partial charge in [-0.2, -0.15) is 10.2 Å². The molecule has 0 aliphatic carbocycles. The number of aromatic amines is 1. The predicted octanol–water partition coefficient (Wildman–Crippen LogP) is 3.15. The van der Waals surface area contributed by atoms with Crippen LogP contribution in [0.3, 0.4) is 0 Å². The number of carbonyl (C=O) groups is 1. The number of amides is 1. The molecule has 30 heavy (non-hydrogen) atoms. The molecule has 0 saturated carbocycles. The maximum absolute atomic E-state index is 13.2. The van der Waals surface area contributed by atoms with Crippen molar-refractivity contribution in [1.29, 1.82) is 0 Å². The van der Waals surface area contributed by atoms with Gasteiger partial charge in [-0.3, -0.25) is 14.8 Å². The van der Waals surface area contributed by atoms with Gasteiger partial charge in [0.05, 0.1) is 5.69 Å². The van der Waals surface area contributed by atoms with Crippen LogP contribution in [0.1, 0.15) is 68.1 Å². The fraction of sp³-hybridized carbons (Fsp3) is 0.545. The summed E-state index contributed by atoms with van der Waals surface area (Å²) in [6, 6.07) is 2.71. The summed E-state index contributed by atoms with van der Waals surface area (Å²) < 4.78 is 1.76. The average Bonchev–Trinajstić information content (AvgIpc) is 3.35. The molecule has 160 valence electrons. The maximum atomic E-state index is 13.2. The highest BCUT2D eigenvalue weighted by molar-refractivity contribution is 5.96. The molecular weight excluding hydrogens is 378 g/mol. The molecule has 1 aliphatic rings. The van der Waals surface area contributed by atoms with Gasteiger partial charge in [0, 0.05) is 36.0 Å². The number of hydrogen-bond acceptors (Lipinski definition) is 5. The van der Waals surface area contributed by atoms with Gasteiger partial charge in [-0.05, 0) is 57.7 Å². The highest BCUT2D eigenvalue weighted by Gasteiger charge is 2.27. The molecule has 2 N–H and O–H groups in total. The zero-order valence-electron chi connectivity index (χ0n) is 18.4. The highest BCUT2D eigenvalue weighted by Crippen LogP contribution is 2.31. The lowest BCUT2D eigenvalue weighted by molar-refractivity contribution is 0.0880. The first kappa shape index (κ1) is 20.5. The molecule has 8 heteroatoms. The van der Waals surface area contributed by atoms with Gasteiger partial charge in [0.15, 0.2) is 11.3 Å². The average molecular weight is 410 g/mol. The molecule has 3 aromatic rings. The van der Waals surface area contributed by atoms with Crippen LogP contribution in [0.5, 0.6) is 0 Å². The largest absolute Gasteiger partial charge is 0.347 e. The number of hydrogen-bond donors (Lipinski definition) is 2. The standard InChI is InChI=1S/C22H31N7O/c1-13(2)18-19(16-9-15(5)21-23-12-24-29(21)10-16)26-27-20(18)22(30)25-17-7-6-8-28(11-17)14(3)4/h9-10,12-14,17H,6-8,11H2,1-5H3,(H,25,30)(H,26,27)/t17-/m0/s1. The lowest BCUT2D eigenvalue weighted by Crippen LogP contribution is -2.49. The van der Waals surface area contributed by atoms with Crippen molar-refractivity contribution in [3.63, 3.8) is 0 Å². The summed E-state index contributed by atoms with van der Waals surface area (Å²) in [5.41, 5.74) is 5.08. The monoisotopic (exact) mass is 409 g/mol. The molecule has 0 unspecified atom stereocenters. The smallest absolute Gasteiger partial charge is 0.272 e. The van der Waals surface area contributed by atoms with Gasteiger partial charge in [0.2, 0.25) is 0 Å². The van der Waals surface area contributed by atoms with Gasteiger partial charge in [-0.1, -0.05) is 13.8 Å². The Labute approximate surface area is 177 Å². The Balaban J connectivity index is 1.63. The normalized spacial score (nSPS) is 17.9. The number of H-pyrrole nitrogens is 1. The van der Waals surface area contributed by atoms with Crippen LogP contribution in [0.15, 0.2) is 18.6 Å². The third-order valence-electron chi connectivity index (χ3n) is 5.96. The van der Waals surface area contributed by atoms with Crippen molar-refractivity contribution >= 4 is 11.6 Å². The number of carbonyl (C=O) groups excluding carboxylic acids is 1. The molecule has 1 saturated heterocycles. The van der Waals surface area contributed by atoms with E-state index in [2.05, 4.69) is 64.3 Å². The molecule has 0 bridgehead atoms. The number of nitrogens with one attached hydrogen (secondary N) is 2. The van der Waals surface area contributed by atoms with Crippen LogP contribution < -0.4 is 5.32 Å². The van der Waals surface area contributed by atoms with Gasteiger partial charge >= 0.3 is 0 Å². The summed E-state index contributed by atoms with van der Waals surface area (Å²) in [7, 11) is 0. The van der Waals surface area contributed by atoms with Crippen LogP contribution >= 0.6 is 0 Å². The molecule has 1 atom stereocenters. The quantitative estimate of drug-likeness (QED) is 0.675. The van der Waals surface area contributed by atoms with Crippen LogP contribution in [0, 0.1) is 6.92 Å². The van der Waals surface area contributed by atoms with E-state index in [1.807, 2.05) is 13.1 Å². The van der Waals surface area contributed by atoms with Crippen LogP contribution in [-0.2, 0) is 0 Å². The van der Waals surface area contributed by atoms with Gasteiger partial charge in [-0.25, -0.2) is 9.50 Å². The molecule has 8 nitrogen and oxygen atoms in total. The topological polar surface area (TPSA) is 91.2 Å². The SMILES string of the molecule is Cc1cc(-c2[nH]nc(C(=O)N[C@H]3CCCN(C(C)C)C3)c2C(C)C)cn2ncnc12. The second-order valence-electron chi connectivity index (χ2n) is 8.86. The summed E-state index contributed by atoms with van der Waals surface area (Å²) in [6.45, 7) is 12.6. The summed E-state index contributed by atoms with van der Waals surface area (Å²) >= 11 is 0. The van der Waals surface area contributed by atoms with Crippen molar-refractivity contribution in [1.82, 2.24) is 35.0 Å². The van der Waals surface area contributed by atoms with E-state index in [-0.39, 0.29) is 17.9 Å². The Bertz CT molecular complexity index is 1050. The molecule has 1 fully saturated rings. The number of aromatic nitrogens is 5.